The maximum Gasteiger partial charge on any atom is 0.373 e. The van der Waals surface area contributed by atoms with Gasteiger partial charge in [-0.1, -0.05) is 18.2 Å². The summed E-state index contributed by atoms with van der Waals surface area (Å²) in [5.74, 6) is -1.84. The second-order valence-electron chi connectivity index (χ2n) is 7.86. The molecular weight excluding hydrogens is 501 g/mol. The van der Waals surface area contributed by atoms with E-state index in [0.717, 1.165) is 11.0 Å². The first-order valence-electron chi connectivity index (χ1n) is 11.2. The normalized spacial score (nSPS) is 13.9. The van der Waals surface area contributed by atoms with Crippen LogP contribution >= 0.6 is 0 Å². The van der Waals surface area contributed by atoms with Gasteiger partial charge in [-0.2, -0.15) is 0 Å². The number of nitrogens with zero attached hydrogens (tertiary/aromatic N) is 1. The minimum Gasteiger partial charge on any atom is -0.493 e. The molecule has 0 unspecified atom stereocenters. The van der Waals surface area contributed by atoms with Crippen LogP contribution in [0.3, 0.4) is 0 Å². The highest BCUT2D eigenvalue weighted by Crippen LogP contribution is 2.33. The molecule has 2 N–H and O–H groups in total. The van der Waals surface area contributed by atoms with Gasteiger partial charge >= 0.3 is 12.0 Å². The van der Waals surface area contributed by atoms with E-state index in [1.807, 2.05) is 0 Å². The van der Waals surface area contributed by atoms with Crippen LogP contribution in [0.5, 0.6) is 11.5 Å². The van der Waals surface area contributed by atoms with Gasteiger partial charge in [0.05, 0.1) is 20.8 Å². The third-order valence-corrected chi connectivity index (χ3v) is 5.31. The van der Waals surface area contributed by atoms with Crippen molar-refractivity contribution >= 4 is 35.6 Å². The lowest BCUT2D eigenvalue weighted by atomic mass is 10.1. The zero-order chi connectivity index (χ0) is 27.2. The minimum atomic E-state index is -0.697. The average Bonchev–Trinajstić information content (AvgIpc) is 3.47. The first-order valence-corrected chi connectivity index (χ1v) is 11.2. The van der Waals surface area contributed by atoms with Crippen molar-refractivity contribution in [2.24, 2.45) is 0 Å². The van der Waals surface area contributed by atoms with E-state index in [-0.39, 0.29) is 40.9 Å². The molecule has 3 aromatic rings. The van der Waals surface area contributed by atoms with Gasteiger partial charge in [-0.3, -0.25) is 14.5 Å². The number of hydrogen-bond acceptors (Lipinski definition) is 8. The molecular formula is C26H22FN3O8. The molecule has 38 heavy (non-hydrogen) atoms. The number of carbonyl (C=O) groups excluding carboxylic acids is 4. The number of urea groups is 1. The first kappa shape index (κ1) is 25.9. The van der Waals surface area contributed by atoms with Crippen molar-refractivity contribution in [2.45, 2.75) is 6.54 Å². The lowest BCUT2D eigenvalue weighted by molar-refractivity contribution is -0.123. The number of nitrogens with one attached hydrogen (secondary N) is 2. The Bertz CT molecular complexity index is 1430. The summed E-state index contributed by atoms with van der Waals surface area (Å²) < 4.78 is 34.3. The summed E-state index contributed by atoms with van der Waals surface area (Å²) >= 11 is 0. The number of ether oxygens (including phenoxy) is 3. The number of furan rings is 1. The summed E-state index contributed by atoms with van der Waals surface area (Å²) in [7, 11) is 2.61. The number of esters is 1. The third-order valence-electron chi connectivity index (χ3n) is 5.31. The molecule has 1 fully saturated rings. The van der Waals surface area contributed by atoms with Crippen LogP contribution in [0, 0.1) is 5.82 Å². The Balaban J connectivity index is 1.50. The summed E-state index contributed by atoms with van der Waals surface area (Å²) in [6.45, 7) is -0.665. The van der Waals surface area contributed by atoms with Gasteiger partial charge in [0, 0.05) is 11.3 Å². The molecule has 0 aliphatic carbocycles. The predicted octanol–water partition coefficient (Wildman–Crippen LogP) is 3.32. The molecule has 4 rings (SSSR count). The number of imide groups is 1. The van der Waals surface area contributed by atoms with Crippen LogP contribution in [-0.4, -0.2) is 49.5 Å². The molecule has 196 valence electrons. The lowest BCUT2D eigenvalue weighted by Gasteiger charge is -2.14. The summed E-state index contributed by atoms with van der Waals surface area (Å²) in [6.07, 6.45) is 1.38. The number of carbonyl (C=O) groups is 4. The van der Waals surface area contributed by atoms with E-state index in [1.54, 1.807) is 18.2 Å². The second-order valence-corrected chi connectivity index (χ2v) is 7.86. The van der Waals surface area contributed by atoms with Crippen molar-refractivity contribution in [3.8, 4) is 11.5 Å². The molecule has 1 aliphatic rings. The molecule has 0 saturated carbocycles. The van der Waals surface area contributed by atoms with Gasteiger partial charge in [-0.15, -0.1) is 0 Å². The van der Waals surface area contributed by atoms with Gasteiger partial charge in [-0.05, 0) is 42.5 Å². The van der Waals surface area contributed by atoms with Crippen molar-refractivity contribution in [3.05, 3.63) is 83.2 Å². The molecule has 12 heteroatoms. The number of rotatable bonds is 9. The number of para-hydroxylation sites is 1. The van der Waals surface area contributed by atoms with E-state index in [9.17, 15) is 23.6 Å². The molecule has 0 bridgehead atoms. The van der Waals surface area contributed by atoms with Crippen molar-refractivity contribution in [1.82, 2.24) is 10.2 Å². The molecule has 2 aromatic carbocycles. The van der Waals surface area contributed by atoms with Gasteiger partial charge in [-0.25, -0.2) is 14.0 Å². The largest absolute Gasteiger partial charge is 0.493 e. The number of hydrogen-bond donors (Lipinski definition) is 2. The van der Waals surface area contributed by atoms with Gasteiger partial charge in [0.2, 0.25) is 5.76 Å². The first-order chi connectivity index (χ1) is 18.3. The van der Waals surface area contributed by atoms with E-state index in [4.69, 9.17) is 13.9 Å². The van der Waals surface area contributed by atoms with E-state index in [1.165, 1.54) is 50.6 Å². The molecule has 0 atom stereocenters. The summed E-state index contributed by atoms with van der Waals surface area (Å²) in [6, 6.07) is 12.4. The highest BCUT2D eigenvalue weighted by Gasteiger charge is 2.34. The minimum absolute atomic E-state index is 0.0583. The van der Waals surface area contributed by atoms with E-state index < -0.39 is 36.2 Å². The van der Waals surface area contributed by atoms with Crippen LogP contribution in [0.4, 0.5) is 14.9 Å². The van der Waals surface area contributed by atoms with Crippen molar-refractivity contribution < 1.29 is 42.2 Å². The van der Waals surface area contributed by atoms with Crippen LogP contribution in [0.2, 0.25) is 0 Å². The van der Waals surface area contributed by atoms with Gasteiger partial charge < -0.3 is 29.3 Å². The fraction of sp³-hybridized carbons (Fsp3) is 0.154. The van der Waals surface area contributed by atoms with Crippen LogP contribution in [0.1, 0.15) is 21.9 Å². The number of methoxy groups -OCH3 is 2. The van der Waals surface area contributed by atoms with Crippen molar-refractivity contribution in [2.75, 3.05) is 26.1 Å². The molecule has 2 heterocycles. The summed E-state index contributed by atoms with van der Waals surface area (Å²) in [5.41, 5.74) is 0.548. The molecule has 11 nitrogen and oxygen atoms in total. The monoisotopic (exact) mass is 523 g/mol. The van der Waals surface area contributed by atoms with Gasteiger partial charge in [0.15, 0.2) is 18.1 Å². The molecule has 0 radical (unpaired) electrons. The second kappa shape index (κ2) is 11.3. The van der Waals surface area contributed by atoms with Crippen LogP contribution < -0.4 is 20.1 Å². The van der Waals surface area contributed by atoms with Crippen LogP contribution in [0.15, 0.2) is 64.7 Å². The van der Waals surface area contributed by atoms with Gasteiger partial charge in [0.1, 0.15) is 17.3 Å². The lowest BCUT2D eigenvalue weighted by Crippen LogP contribution is -2.30. The molecule has 4 amide bonds. The highest BCUT2D eigenvalue weighted by molar-refractivity contribution is 6.14. The number of benzene rings is 2. The molecule has 1 saturated heterocycles. The van der Waals surface area contributed by atoms with E-state index in [2.05, 4.69) is 15.4 Å². The summed E-state index contributed by atoms with van der Waals surface area (Å²) in [4.78, 5) is 50.3. The van der Waals surface area contributed by atoms with Crippen LogP contribution in [-0.2, 0) is 20.9 Å². The number of amides is 4. The standard InChI is InChI=1S/C26H22FN3O8/c1-35-20-8-3-5-15(23(20)37-14-22(31)28-17-7-4-6-16(27)12-17)11-19-24(32)30(26(34)29-19)13-18-9-10-21(38-18)25(33)36-2/h3-12H,13-14H2,1-2H3,(H,28,31)(H,29,34)/b19-11+. The number of halogens is 1. The Morgan fingerprint density at radius 3 is 2.63 bits per heavy atom. The number of anilines is 1. The van der Waals surface area contributed by atoms with Crippen molar-refractivity contribution in [3.63, 3.8) is 0 Å². The Hall–Kier alpha value is -5.13. The molecule has 0 spiro atoms. The smallest absolute Gasteiger partial charge is 0.373 e. The Morgan fingerprint density at radius 1 is 1.11 bits per heavy atom. The zero-order valence-electron chi connectivity index (χ0n) is 20.3. The average molecular weight is 523 g/mol. The Labute approximate surface area is 215 Å². The van der Waals surface area contributed by atoms with E-state index in [0.29, 0.717) is 5.56 Å². The fourth-order valence-corrected chi connectivity index (χ4v) is 3.56. The van der Waals surface area contributed by atoms with Gasteiger partial charge in [0.25, 0.3) is 11.8 Å². The Morgan fingerprint density at radius 2 is 1.89 bits per heavy atom. The Kier molecular flexibility index (Phi) is 7.71. The quantitative estimate of drug-likeness (QED) is 0.248. The predicted molar refractivity (Wildman–Crippen MR) is 131 cm³/mol. The van der Waals surface area contributed by atoms with Crippen molar-refractivity contribution in [1.29, 1.82) is 0 Å². The highest BCUT2D eigenvalue weighted by atomic mass is 19.1. The summed E-state index contributed by atoms with van der Waals surface area (Å²) in [5, 5.41) is 5.01. The van der Waals surface area contributed by atoms with E-state index >= 15 is 0 Å². The SMILES string of the molecule is COC(=O)c1ccc(CN2C(=O)N/C(=C/c3cccc(OC)c3OCC(=O)Nc3cccc(F)c3)C2=O)o1. The maximum atomic E-state index is 13.4. The van der Waals surface area contributed by atoms with Crippen LogP contribution in [0.25, 0.3) is 6.08 Å². The topological polar surface area (TPSA) is 136 Å². The fourth-order valence-electron chi connectivity index (χ4n) is 3.56. The molecule has 1 aliphatic heterocycles. The maximum absolute atomic E-state index is 13.4. The zero-order valence-corrected chi connectivity index (χ0v) is 20.3. The molecule has 1 aromatic heterocycles. The third kappa shape index (κ3) is 5.81.